The molecule has 0 aliphatic carbocycles. The van der Waals surface area contributed by atoms with Crippen LogP contribution in [0.4, 0.5) is 0 Å². The van der Waals surface area contributed by atoms with Crippen LogP contribution >= 0.6 is 0 Å². The van der Waals surface area contributed by atoms with Crippen molar-refractivity contribution >= 4 is 16.3 Å². The van der Waals surface area contributed by atoms with Gasteiger partial charge in [-0.25, -0.2) is 0 Å². The lowest BCUT2D eigenvalue weighted by molar-refractivity contribution is 0.415. The van der Waals surface area contributed by atoms with E-state index in [4.69, 9.17) is 4.74 Å². The van der Waals surface area contributed by atoms with E-state index in [-0.39, 0.29) is 0 Å². The van der Waals surface area contributed by atoms with Crippen LogP contribution in [0.2, 0.25) is 0 Å². The van der Waals surface area contributed by atoms with E-state index >= 15 is 0 Å². The summed E-state index contributed by atoms with van der Waals surface area (Å²) in [5, 5.41) is 2.47. The molecule has 0 radical (unpaired) electrons. The molecule has 0 amide bonds. The van der Waals surface area contributed by atoms with Gasteiger partial charge in [-0.2, -0.15) is 0 Å². The Morgan fingerprint density at radius 3 is 2.81 bits per heavy atom. The fourth-order valence-corrected chi connectivity index (χ4v) is 2.16. The van der Waals surface area contributed by atoms with Crippen molar-refractivity contribution in [3.8, 4) is 5.75 Å². The number of nitrogens with zero attached hydrogens (tertiary/aromatic N) is 1. The minimum atomic E-state index is 0.903. The van der Waals surface area contributed by atoms with Gasteiger partial charge in [0.2, 0.25) is 0 Å². The van der Waals surface area contributed by atoms with Gasteiger partial charge < -0.3 is 9.14 Å². The van der Waals surface area contributed by atoms with Crippen LogP contribution in [0.1, 0.15) is 5.56 Å². The van der Waals surface area contributed by atoms with Crippen molar-refractivity contribution in [2.45, 2.75) is 6.92 Å². The van der Waals surface area contributed by atoms with Crippen molar-refractivity contribution < 1.29 is 4.74 Å². The van der Waals surface area contributed by atoms with Crippen molar-refractivity contribution in [3.63, 3.8) is 0 Å². The molecule has 2 heterocycles. The summed E-state index contributed by atoms with van der Waals surface area (Å²) in [6.45, 7) is 2.11. The Hall–Kier alpha value is -1.96. The molecule has 0 bridgehead atoms. The standard InChI is InChI=1S/C14H13NO/c1-10-7-14-13-4-3-12(16-2)8-11(13)5-6-15(14)9-10/h3-9H,1-2H3. The van der Waals surface area contributed by atoms with Gasteiger partial charge in [0, 0.05) is 17.8 Å². The van der Waals surface area contributed by atoms with Crippen LogP contribution in [-0.2, 0) is 0 Å². The molecule has 3 rings (SSSR count). The van der Waals surface area contributed by atoms with Crippen LogP contribution in [0.5, 0.6) is 5.75 Å². The molecular weight excluding hydrogens is 198 g/mol. The monoisotopic (exact) mass is 211 g/mol. The molecule has 2 aromatic heterocycles. The molecule has 0 saturated heterocycles. The molecule has 0 atom stereocenters. The van der Waals surface area contributed by atoms with Crippen LogP contribution < -0.4 is 4.74 Å². The van der Waals surface area contributed by atoms with Gasteiger partial charge in [-0.1, -0.05) is 0 Å². The normalized spacial score (nSPS) is 11.1. The summed E-state index contributed by atoms with van der Waals surface area (Å²) in [7, 11) is 1.70. The fraction of sp³-hybridized carbons (Fsp3) is 0.143. The molecule has 16 heavy (non-hydrogen) atoms. The third-order valence-corrected chi connectivity index (χ3v) is 2.93. The van der Waals surface area contributed by atoms with Gasteiger partial charge in [0.1, 0.15) is 5.75 Å². The lowest BCUT2D eigenvalue weighted by Crippen LogP contribution is -1.85. The summed E-state index contributed by atoms with van der Waals surface area (Å²) in [5.41, 5.74) is 2.53. The molecule has 0 spiro atoms. The summed E-state index contributed by atoms with van der Waals surface area (Å²) < 4.78 is 7.39. The second-order valence-electron chi connectivity index (χ2n) is 4.08. The highest BCUT2D eigenvalue weighted by molar-refractivity contribution is 5.96. The molecule has 0 unspecified atom stereocenters. The molecule has 80 valence electrons. The Kier molecular flexibility index (Phi) is 1.90. The Morgan fingerprint density at radius 2 is 2.00 bits per heavy atom. The Labute approximate surface area is 94.1 Å². The van der Waals surface area contributed by atoms with E-state index in [0.717, 1.165) is 5.75 Å². The molecule has 0 saturated carbocycles. The van der Waals surface area contributed by atoms with E-state index < -0.39 is 0 Å². The molecule has 0 aliphatic rings. The fourth-order valence-electron chi connectivity index (χ4n) is 2.16. The zero-order valence-electron chi connectivity index (χ0n) is 9.40. The SMILES string of the molecule is COc1ccc2c(ccn3cc(C)cc23)c1. The number of benzene rings is 1. The number of aromatic nitrogens is 1. The third kappa shape index (κ3) is 1.27. The number of fused-ring (bicyclic) bond motifs is 3. The number of aryl methyl sites for hydroxylation is 1. The Bertz CT molecular complexity index is 667. The first-order valence-corrected chi connectivity index (χ1v) is 5.33. The molecule has 1 aromatic carbocycles. The molecule has 0 aliphatic heterocycles. The van der Waals surface area contributed by atoms with E-state index in [0.29, 0.717) is 0 Å². The maximum Gasteiger partial charge on any atom is 0.119 e. The van der Waals surface area contributed by atoms with Crippen LogP contribution in [0.3, 0.4) is 0 Å². The van der Waals surface area contributed by atoms with Crippen molar-refractivity contribution in [2.24, 2.45) is 0 Å². The number of hydrogen-bond donors (Lipinski definition) is 0. The maximum atomic E-state index is 5.23. The first-order valence-electron chi connectivity index (χ1n) is 5.33. The number of hydrogen-bond acceptors (Lipinski definition) is 1. The lowest BCUT2D eigenvalue weighted by atomic mass is 10.1. The molecule has 0 N–H and O–H groups in total. The predicted octanol–water partition coefficient (Wildman–Crippen LogP) is 3.41. The average molecular weight is 211 g/mol. The average Bonchev–Trinajstić information content (AvgIpc) is 2.69. The van der Waals surface area contributed by atoms with Crippen LogP contribution in [-0.4, -0.2) is 11.5 Å². The third-order valence-electron chi connectivity index (χ3n) is 2.93. The van der Waals surface area contributed by atoms with Gasteiger partial charge in [0.05, 0.1) is 12.6 Å². The Balaban J connectivity index is 2.42. The summed E-state index contributed by atoms with van der Waals surface area (Å²) in [5.74, 6) is 0.903. The summed E-state index contributed by atoms with van der Waals surface area (Å²) in [6.07, 6.45) is 4.23. The highest BCUT2D eigenvalue weighted by atomic mass is 16.5. The van der Waals surface area contributed by atoms with Gasteiger partial charge >= 0.3 is 0 Å². The minimum absolute atomic E-state index is 0.903. The first kappa shape index (κ1) is 9.28. The first-order chi connectivity index (χ1) is 7.78. The highest BCUT2D eigenvalue weighted by Crippen LogP contribution is 2.25. The summed E-state index contributed by atoms with van der Waals surface area (Å²) in [6, 6.07) is 10.5. The van der Waals surface area contributed by atoms with E-state index in [1.54, 1.807) is 7.11 Å². The second kappa shape index (κ2) is 3.27. The number of rotatable bonds is 1. The van der Waals surface area contributed by atoms with E-state index in [9.17, 15) is 0 Å². The van der Waals surface area contributed by atoms with Crippen molar-refractivity contribution in [3.05, 3.63) is 48.3 Å². The van der Waals surface area contributed by atoms with Crippen LogP contribution in [0.15, 0.2) is 42.7 Å². The van der Waals surface area contributed by atoms with Gasteiger partial charge in [-0.05, 0) is 48.2 Å². The maximum absolute atomic E-state index is 5.23. The van der Waals surface area contributed by atoms with Crippen LogP contribution in [0, 0.1) is 6.92 Å². The second-order valence-corrected chi connectivity index (χ2v) is 4.08. The minimum Gasteiger partial charge on any atom is -0.497 e. The van der Waals surface area contributed by atoms with Gasteiger partial charge in [-0.15, -0.1) is 0 Å². The van der Waals surface area contributed by atoms with Crippen LogP contribution in [0.25, 0.3) is 16.3 Å². The van der Waals surface area contributed by atoms with Crippen molar-refractivity contribution in [2.75, 3.05) is 7.11 Å². The van der Waals surface area contributed by atoms with Gasteiger partial charge in [0.15, 0.2) is 0 Å². The van der Waals surface area contributed by atoms with Crippen molar-refractivity contribution in [1.82, 2.24) is 4.40 Å². The van der Waals surface area contributed by atoms with E-state index in [1.807, 2.05) is 6.07 Å². The predicted molar refractivity (Wildman–Crippen MR) is 66.2 cm³/mol. The molecule has 0 fully saturated rings. The molecule has 3 aromatic rings. The highest BCUT2D eigenvalue weighted by Gasteiger charge is 2.02. The van der Waals surface area contributed by atoms with Gasteiger partial charge in [0.25, 0.3) is 0 Å². The van der Waals surface area contributed by atoms with E-state index in [1.165, 1.54) is 21.9 Å². The smallest absolute Gasteiger partial charge is 0.119 e. The quantitative estimate of drug-likeness (QED) is 0.601. The van der Waals surface area contributed by atoms with Gasteiger partial charge in [-0.3, -0.25) is 0 Å². The summed E-state index contributed by atoms with van der Waals surface area (Å²) >= 11 is 0. The largest absolute Gasteiger partial charge is 0.497 e. The molecule has 2 nitrogen and oxygen atoms in total. The summed E-state index contributed by atoms with van der Waals surface area (Å²) in [4.78, 5) is 0. The molecule has 2 heteroatoms. The zero-order chi connectivity index (χ0) is 11.1. The number of pyridine rings is 1. The van der Waals surface area contributed by atoms with E-state index in [2.05, 4.69) is 48.0 Å². The lowest BCUT2D eigenvalue weighted by Gasteiger charge is -2.04. The zero-order valence-corrected chi connectivity index (χ0v) is 9.40. The molecular formula is C14H13NO. The number of methoxy groups -OCH3 is 1. The Morgan fingerprint density at radius 1 is 1.12 bits per heavy atom. The number of ether oxygens (including phenoxy) is 1. The van der Waals surface area contributed by atoms with Crippen molar-refractivity contribution in [1.29, 1.82) is 0 Å². The topological polar surface area (TPSA) is 13.6 Å².